The van der Waals surface area contributed by atoms with Gasteiger partial charge in [0.15, 0.2) is 4.80 Å². The first-order valence-corrected chi connectivity index (χ1v) is 9.93. The number of benzene rings is 1. The van der Waals surface area contributed by atoms with Crippen LogP contribution in [0.1, 0.15) is 29.8 Å². The number of thiazole rings is 1. The van der Waals surface area contributed by atoms with Gasteiger partial charge in [-0.1, -0.05) is 19.9 Å². The highest BCUT2D eigenvalue weighted by atomic mass is 32.2. The Bertz CT molecular complexity index is 907. The molecular formula is C16H21N3O3S2. The summed E-state index contributed by atoms with van der Waals surface area (Å²) in [5.41, 5.74) is 0.875. The molecule has 0 radical (unpaired) electrons. The summed E-state index contributed by atoms with van der Waals surface area (Å²) in [5.74, 6) is -0.455. The predicted octanol–water partition coefficient (Wildman–Crippen LogP) is 2.17. The summed E-state index contributed by atoms with van der Waals surface area (Å²) >= 11 is 1.35. The summed E-state index contributed by atoms with van der Waals surface area (Å²) in [6.07, 6.45) is 1.81. The van der Waals surface area contributed by atoms with E-state index in [1.165, 1.54) is 21.7 Å². The van der Waals surface area contributed by atoms with Crippen molar-refractivity contribution in [1.29, 1.82) is 0 Å². The first-order chi connectivity index (χ1) is 11.3. The molecule has 1 aromatic heterocycles. The minimum atomic E-state index is -3.62. The maximum Gasteiger partial charge on any atom is 0.279 e. The van der Waals surface area contributed by atoms with Gasteiger partial charge in [0.1, 0.15) is 0 Å². The second-order valence-electron chi connectivity index (χ2n) is 5.28. The molecule has 0 fully saturated rings. The van der Waals surface area contributed by atoms with Gasteiger partial charge >= 0.3 is 0 Å². The summed E-state index contributed by atoms with van der Waals surface area (Å²) in [6.45, 7) is 6.06. The highest BCUT2D eigenvalue weighted by Crippen LogP contribution is 2.21. The van der Waals surface area contributed by atoms with Crippen LogP contribution in [-0.2, 0) is 17.1 Å². The Balaban J connectivity index is 2.50. The van der Waals surface area contributed by atoms with Crippen LogP contribution in [0, 0.1) is 6.92 Å². The molecule has 0 aliphatic rings. The Hall–Kier alpha value is -1.77. The number of amides is 1. The molecular weight excluding hydrogens is 346 g/mol. The molecule has 0 N–H and O–H groups in total. The standard InChI is InChI=1S/C16H21N3O3S2/c1-5-19(6-2)24(21,22)14-11-13(8-7-12(14)3)15(20)17-16-18(4)9-10-23-16/h7-11H,5-6H2,1-4H3. The second-order valence-corrected chi connectivity index (χ2v) is 8.06. The molecule has 1 heterocycles. The molecule has 0 aliphatic carbocycles. The molecule has 1 amide bonds. The quantitative estimate of drug-likeness (QED) is 0.813. The van der Waals surface area contributed by atoms with E-state index in [9.17, 15) is 13.2 Å². The van der Waals surface area contributed by atoms with E-state index in [2.05, 4.69) is 4.99 Å². The van der Waals surface area contributed by atoms with E-state index in [0.717, 1.165) is 0 Å². The monoisotopic (exact) mass is 367 g/mol. The van der Waals surface area contributed by atoms with Crippen molar-refractivity contribution < 1.29 is 13.2 Å². The number of nitrogens with zero attached hydrogens (tertiary/aromatic N) is 3. The molecule has 6 nitrogen and oxygen atoms in total. The lowest BCUT2D eigenvalue weighted by Gasteiger charge is -2.20. The highest BCUT2D eigenvalue weighted by molar-refractivity contribution is 7.89. The zero-order valence-electron chi connectivity index (χ0n) is 14.2. The zero-order valence-corrected chi connectivity index (χ0v) is 15.8. The van der Waals surface area contributed by atoms with Gasteiger partial charge in [-0.05, 0) is 24.6 Å². The van der Waals surface area contributed by atoms with Crippen LogP contribution >= 0.6 is 11.3 Å². The smallest absolute Gasteiger partial charge is 0.279 e. The van der Waals surface area contributed by atoms with Gasteiger partial charge in [0.05, 0.1) is 4.90 Å². The summed E-state index contributed by atoms with van der Waals surface area (Å²) in [6, 6.07) is 4.67. The van der Waals surface area contributed by atoms with Crippen molar-refractivity contribution in [2.24, 2.45) is 12.0 Å². The lowest BCUT2D eigenvalue weighted by molar-refractivity contribution is 0.0997. The summed E-state index contributed by atoms with van der Waals surface area (Å²) in [4.78, 5) is 17.2. The Morgan fingerprint density at radius 3 is 2.50 bits per heavy atom. The maximum atomic E-state index is 12.7. The average Bonchev–Trinajstić information content (AvgIpc) is 2.93. The molecule has 0 saturated heterocycles. The lowest BCUT2D eigenvalue weighted by Crippen LogP contribution is -2.31. The maximum absolute atomic E-state index is 12.7. The number of hydrogen-bond acceptors (Lipinski definition) is 4. The van der Waals surface area contributed by atoms with Gasteiger partial charge in [0, 0.05) is 37.3 Å². The molecule has 130 valence electrons. The molecule has 8 heteroatoms. The molecule has 2 aromatic rings. The number of sulfonamides is 1. The number of carbonyl (C=O) groups excluding carboxylic acids is 1. The third-order valence-electron chi connectivity index (χ3n) is 3.72. The van der Waals surface area contributed by atoms with Gasteiger partial charge in [0.25, 0.3) is 5.91 Å². The topological polar surface area (TPSA) is 71.7 Å². The fourth-order valence-corrected chi connectivity index (χ4v) is 4.74. The van der Waals surface area contributed by atoms with Crippen molar-refractivity contribution in [2.75, 3.05) is 13.1 Å². The molecule has 0 spiro atoms. The van der Waals surface area contributed by atoms with E-state index in [-0.39, 0.29) is 10.5 Å². The van der Waals surface area contributed by atoms with Gasteiger partial charge in [-0.15, -0.1) is 11.3 Å². The summed E-state index contributed by atoms with van der Waals surface area (Å²) < 4.78 is 28.6. The van der Waals surface area contributed by atoms with Crippen LogP contribution in [0.3, 0.4) is 0 Å². The van der Waals surface area contributed by atoms with Crippen molar-refractivity contribution in [1.82, 2.24) is 8.87 Å². The third kappa shape index (κ3) is 3.66. The summed E-state index contributed by atoms with van der Waals surface area (Å²) in [7, 11) is -1.82. The second kappa shape index (κ2) is 7.42. The molecule has 0 unspecified atom stereocenters. The van der Waals surface area contributed by atoms with Gasteiger partial charge in [-0.3, -0.25) is 4.79 Å². The van der Waals surface area contributed by atoms with Crippen LogP contribution in [0.4, 0.5) is 0 Å². The van der Waals surface area contributed by atoms with Gasteiger partial charge < -0.3 is 4.57 Å². The van der Waals surface area contributed by atoms with Crippen molar-refractivity contribution in [2.45, 2.75) is 25.7 Å². The van der Waals surface area contributed by atoms with Crippen LogP contribution in [-0.4, -0.2) is 36.3 Å². The first-order valence-electron chi connectivity index (χ1n) is 7.61. The van der Waals surface area contributed by atoms with E-state index in [0.29, 0.717) is 23.5 Å². The van der Waals surface area contributed by atoms with Crippen molar-refractivity contribution in [3.05, 3.63) is 45.7 Å². The average molecular weight is 367 g/mol. The van der Waals surface area contributed by atoms with Gasteiger partial charge in [-0.2, -0.15) is 9.30 Å². The first kappa shape index (κ1) is 18.6. The van der Waals surface area contributed by atoms with E-state index < -0.39 is 15.9 Å². The van der Waals surface area contributed by atoms with Crippen LogP contribution in [0.25, 0.3) is 0 Å². The van der Waals surface area contributed by atoms with Gasteiger partial charge in [0.2, 0.25) is 10.0 Å². The van der Waals surface area contributed by atoms with Crippen LogP contribution in [0.2, 0.25) is 0 Å². The van der Waals surface area contributed by atoms with Gasteiger partial charge in [-0.25, -0.2) is 8.42 Å². The normalized spacial score (nSPS) is 12.8. The molecule has 0 bridgehead atoms. The van der Waals surface area contributed by atoms with Crippen LogP contribution < -0.4 is 4.80 Å². The number of rotatable bonds is 5. The third-order valence-corrected chi connectivity index (χ3v) is 6.75. The Morgan fingerprint density at radius 1 is 1.29 bits per heavy atom. The van der Waals surface area contributed by atoms with Crippen molar-refractivity contribution in [3.63, 3.8) is 0 Å². The fourth-order valence-electron chi connectivity index (χ4n) is 2.30. The predicted molar refractivity (Wildman–Crippen MR) is 94.5 cm³/mol. The van der Waals surface area contributed by atoms with E-state index in [1.54, 1.807) is 44.5 Å². The largest absolute Gasteiger partial charge is 0.327 e. The van der Waals surface area contributed by atoms with E-state index in [4.69, 9.17) is 0 Å². The molecule has 2 rings (SSSR count). The molecule has 0 saturated carbocycles. The minimum absolute atomic E-state index is 0.155. The molecule has 0 atom stereocenters. The summed E-state index contributed by atoms with van der Waals surface area (Å²) in [5, 5.41) is 1.83. The number of aromatic nitrogens is 1. The molecule has 1 aromatic carbocycles. The number of hydrogen-bond donors (Lipinski definition) is 0. The molecule has 24 heavy (non-hydrogen) atoms. The Labute approximate surface area is 146 Å². The van der Waals surface area contributed by atoms with E-state index >= 15 is 0 Å². The fraction of sp³-hybridized carbons (Fsp3) is 0.375. The zero-order chi connectivity index (χ0) is 17.9. The highest BCUT2D eigenvalue weighted by Gasteiger charge is 2.24. The Kier molecular flexibility index (Phi) is 5.74. The Morgan fingerprint density at radius 2 is 1.96 bits per heavy atom. The minimum Gasteiger partial charge on any atom is -0.327 e. The van der Waals surface area contributed by atoms with E-state index in [1.807, 2.05) is 11.6 Å². The van der Waals surface area contributed by atoms with Crippen LogP contribution in [0.15, 0.2) is 39.7 Å². The van der Waals surface area contributed by atoms with Crippen molar-refractivity contribution in [3.8, 4) is 0 Å². The number of carbonyl (C=O) groups is 1. The SMILES string of the molecule is CCN(CC)S(=O)(=O)c1cc(C(=O)N=c2sccn2C)ccc1C. The lowest BCUT2D eigenvalue weighted by atomic mass is 10.1. The van der Waals surface area contributed by atoms with Crippen LogP contribution in [0.5, 0.6) is 0 Å². The molecule has 0 aliphatic heterocycles. The van der Waals surface area contributed by atoms with Crippen molar-refractivity contribution >= 4 is 27.3 Å². The number of aryl methyl sites for hydroxylation is 2.